The Kier molecular flexibility index (Phi) is 3.83. The van der Waals surface area contributed by atoms with Gasteiger partial charge >= 0.3 is 0 Å². The molecule has 0 aliphatic carbocycles. The summed E-state index contributed by atoms with van der Waals surface area (Å²) in [6.07, 6.45) is 0.150. The van der Waals surface area contributed by atoms with Gasteiger partial charge in [-0.15, -0.1) is 0 Å². The van der Waals surface area contributed by atoms with Crippen LogP contribution in [0.5, 0.6) is 11.5 Å². The molecular weight excluding hydrogens is 257 g/mol. The molecule has 0 amide bonds. The standard InChI is InChI=1S/C15H10FN3O/c16-13-2-1-3-15(12(13)9-18)20-11-4-5-14(19)10(8-11)6-7-17/h1-5,8H,6,19H2. The van der Waals surface area contributed by atoms with Crippen LogP contribution in [0.1, 0.15) is 11.1 Å². The second-order valence-corrected chi connectivity index (χ2v) is 4.02. The Balaban J connectivity index is 2.37. The van der Waals surface area contributed by atoms with E-state index in [-0.39, 0.29) is 17.7 Å². The highest BCUT2D eigenvalue weighted by molar-refractivity contribution is 5.53. The molecule has 20 heavy (non-hydrogen) atoms. The van der Waals surface area contributed by atoms with Crippen molar-refractivity contribution < 1.29 is 9.13 Å². The molecule has 5 heteroatoms. The molecular formula is C15H10FN3O. The van der Waals surface area contributed by atoms with Crippen LogP contribution in [0.4, 0.5) is 10.1 Å². The van der Waals surface area contributed by atoms with Crippen molar-refractivity contribution in [2.45, 2.75) is 6.42 Å². The van der Waals surface area contributed by atoms with Gasteiger partial charge in [-0.3, -0.25) is 0 Å². The maximum absolute atomic E-state index is 13.5. The van der Waals surface area contributed by atoms with Crippen molar-refractivity contribution in [1.82, 2.24) is 0 Å². The number of hydrogen-bond acceptors (Lipinski definition) is 4. The van der Waals surface area contributed by atoms with Crippen molar-refractivity contribution in [2.75, 3.05) is 5.73 Å². The number of ether oxygens (including phenoxy) is 1. The number of nitriles is 2. The molecule has 0 spiro atoms. The van der Waals surface area contributed by atoms with Crippen molar-refractivity contribution in [3.63, 3.8) is 0 Å². The Labute approximate surface area is 115 Å². The first-order chi connectivity index (χ1) is 9.65. The molecule has 4 nitrogen and oxygen atoms in total. The summed E-state index contributed by atoms with van der Waals surface area (Å²) < 4.78 is 18.9. The van der Waals surface area contributed by atoms with Gasteiger partial charge in [-0.2, -0.15) is 10.5 Å². The minimum Gasteiger partial charge on any atom is -0.456 e. The molecule has 0 radical (unpaired) electrons. The van der Waals surface area contributed by atoms with Gasteiger partial charge in [-0.1, -0.05) is 6.07 Å². The first kappa shape index (κ1) is 13.4. The maximum atomic E-state index is 13.5. The third-order valence-corrected chi connectivity index (χ3v) is 2.70. The largest absolute Gasteiger partial charge is 0.456 e. The van der Waals surface area contributed by atoms with Gasteiger partial charge in [0.25, 0.3) is 0 Å². The summed E-state index contributed by atoms with van der Waals surface area (Å²) in [4.78, 5) is 0. The van der Waals surface area contributed by atoms with Crippen LogP contribution < -0.4 is 10.5 Å². The van der Waals surface area contributed by atoms with E-state index in [2.05, 4.69) is 0 Å². The molecule has 0 aliphatic rings. The average molecular weight is 267 g/mol. The van der Waals surface area contributed by atoms with Gasteiger partial charge in [-0.05, 0) is 35.9 Å². The molecule has 0 aromatic heterocycles. The van der Waals surface area contributed by atoms with E-state index in [4.69, 9.17) is 21.0 Å². The lowest BCUT2D eigenvalue weighted by Gasteiger charge is -2.10. The highest BCUT2D eigenvalue weighted by atomic mass is 19.1. The lowest BCUT2D eigenvalue weighted by Crippen LogP contribution is -1.96. The van der Waals surface area contributed by atoms with Crippen LogP contribution in [0, 0.1) is 28.5 Å². The zero-order chi connectivity index (χ0) is 14.5. The van der Waals surface area contributed by atoms with Crippen LogP contribution in [0.2, 0.25) is 0 Å². The summed E-state index contributed by atoms with van der Waals surface area (Å²) in [6, 6.07) is 12.7. The predicted molar refractivity (Wildman–Crippen MR) is 71.4 cm³/mol. The minimum atomic E-state index is -0.641. The number of anilines is 1. The van der Waals surface area contributed by atoms with Gasteiger partial charge in [0.1, 0.15) is 28.9 Å². The van der Waals surface area contributed by atoms with Crippen molar-refractivity contribution >= 4 is 5.69 Å². The molecule has 2 aromatic carbocycles. The lowest BCUT2D eigenvalue weighted by atomic mass is 10.1. The van der Waals surface area contributed by atoms with Gasteiger partial charge in [0.05, 0.1) is 12.5 Å². The SMILES string of the molecule is N#CCc1cc(Oc2cccc(F)c2C#N)ccc1N. The van der Waals surface area contributed by atoms with E-state index < -0.39 is 5.82 Å². The normalized spacial score (nSPS) is 9.55. The van der Waals surface area contributed by atoms with Crippen LogP contribution in [0.25, 0.3) is 0 Å². The number of nitrogen functional groups attached to an aromatic ring is 1. The van der Waals surface area contributed by atoms with Crippen LogP contribution in [0.15, 0.2) is 36.4 Å². The average Bonchev–Trinajstić information content (AvgIpc) is 2.43. The molecule has 0 atom stereocenters. The van der Waals surface area contributed by atoms with E-state index in [1.54, 1.807) is 24.3 Å². The number of benzene rings is 2. The van der Waals surface area contributed by atoms with E-state index in [0.29, 0.717) is 17.0 Å². The Morgan fingerprint density at radius 2 is 2.00 bits per heavy atom. The third-order valence-electron chi connectivity index (χ3n) is 2.70. The molecule has 0 heterocycles. The molecule has 98 valence electrons. The molecule has 0 bridgehead atoms. The molecule has 2 rings (SSSR count). The lowest BCUT2D eigenvalue weighted by molar-refractivity contribution is 0.474. The summed E-state index contributed by atoms with van der Waals surface area (Å²) in [5, 5.41) is 17.6. The number of halogens is 1. The van der Waals surface area contributed by atoms with E-state index in [1.165, 1.54) is 18.2 Å². The molecule has 2 aromatic rings. The summed E-state index contributed by atoms with van der Waals surface area (Å²) in [5.74, 6) is -0.121. The number of nitrogens with zero attached hydrogens (tertiary/aromatic N) is 2. The zero-order valence-corrected chi connectivity index (χ0v) is 10.4. The predicted octanol–water partition coefficient (Wildman–Crippen LogP) is 3.14. The monoisotopic (exact) mass is 267 g/mol. The van der Waals surface area contributed by atoms with E-state index in [1.807, 2.05) is 6.07 Å². The first-order valence-corrected chi connectivity index (χ1v) is 5.77. The number of rotatable bonds is 3. The molecule has 0 unspecified atom stereocenters. The molecule has 0 aliphatic heterocycles. The van der Waals surface area contributed by atoms with Crippen molar-refractivity contribution in [2.24, 2.45) is 0 Å². The number of hydrogen-bond donors (Lipinski definition) is 1. The topological polar surface area (TPSA) is 82.8 Å². The van der Waals surface area contributed by atoms with Crippen LogP contribution in [-0.4, -0.2) is 0 Å². The summed E-state index contributed by atoms with van der Waals surface area (Å²) >= 11 is 0. The van der Waals surface area contributed by atoms with Crippen LogP contribution >= 0.6 is 0 Å². The second-order valence-electron chi connectivity index (χ2n) is 4.02. The quantitative estimate of drug-likeness (QED) is 0.866. The minimum absolute atomic E-state index is 0.125. The third kappa shape index (κ3) is 2.68. The fourth-order valence-electron chi connectivity index (χ4n) is 1.71. The molecule has 2 N–H and O–H groups in total. The van der Waals surface area contributed by atoms with Crippen LogP contribution in [0.3, 0.4) is 0 Å². The Bertz CT molecular complexity index is 729. The van der Waals surface area contributed by atoms with E-state index in [9.17, 15) is 4.39 Å². The Morgan fingerprint density at radius 1 is 1.20 bits per heavy atom. The molecule has 0 saturated heterocycles. The summed E-state index contributed by atoms with van der Waals surface area (Å²) in [6.45, 7) is 0. The Morgan fingerprint density at radius 3 is 2.70 bits per heavy atom. The van der Waals surface area contributed by atoms with Gasteiger partial charge in [0.2, 0.25) is 0 Å². The first-order valence-electron chi connectivity index (χ1n) is 5.77. The van der Waals surface area contributed by atoms with Gasteiger partial charge < -0.3 is 10.5 Å². The maximum Gasteiger partial charge on any atom is 0.148 e. The van der Waals surface area contributed by atoms with E-state index >= 15 is 0 Å². The fourth-order valence-corrected chi connectivity index (χ4v) is 1.71. The molecule has 0 saturated carbocycles. The van der Waals surface area contributed by atoms with Crippen LogP contribution in [-0.2, 0) is 6.42 Å². The van der Waals surface area contributed by atoms with Gasteiger partial charge in [-0.25, -0.2) is 4.39 Å². The highest BCUT2D eigenvalue weighted by Gasteiger charge is 2.10. The van der Waals surface area contributed by atoms with Gasteiger partial charge in [0, 0.05) is 5.69 Å². The van der Waals surface area contributed by atoms with Crippen molar-refractivity contribution in [3.05, 3.63) is 53.3 Å². The fraction of sp³-hybridized carbons (Fsp3) is 0.0667. The van der Waals surface area contributed by atoms with Crippen molar-refractivity contribution in [1.29, 1.82) is 10.5 Å². The number of nitrogens with two attached hydrogens (primary N) is 1. The van der Waals surface area contributed by atoms with E-state index in [0.717, 1.165) is 0 Å². The Hall–Kier alpha value is -3.05. The smallest absolute Gasteiger partial charge is 0.148 e. The highest BCUT2D eigenvalue weighted by Crippen LogP contribution is 2.28. The van der Waals surface area contributed by atoms with Crippen molar-refractivity contribution in [3.8, 4) is 23.6 Å². The van der Waals surface area contributed by atoms with Gasteiger partial charge in [0.15, 0.2) is 0 Å². The molecule has 0 fully saturated rings. The summed E-state index contributed by atoms with van der Waals surface area (Å²) in [7, 11) is 0. The zero-order valence-electron chi connectivity index (χ0n) is 10.4. The second kappa shape index (κ2) is 5.73. The summed E-state index contributed by atoms with van der Waals surface area (Å²) in [5.41, 5.74) is 6.68.